The van der Waals surface area contributed by atoms with Gasteiger partial charge in [-0.1, -0.05) is 6.07 Å². The van der Waals surface area contributed by atoms with Crippen LogP contribution in [0.1, 0.15) is 15.9 Å². The molecule has 1 N–H and O–H groups in total. The summed E-state index contributed by atoms with van der Waals surface area (Å²) in [5.41, 5.74) is 0.197. The van der Waals surface area contributed by atoms with E-state index < -0.39 is 22.6 Å². The molecule has 8 heteroatoms. The summed E-state index contributed by atoms with van der Waals surface area (Å²) < 4.78 is 0. The lowest BCUT2D eigenvalue weighted by atomic mass is 10.1. The van der Waals surface area contributed by atoms with Gasteiger partial charge in [0.25, 0.3) is 11.6 Å². The molecule has 104 valence electrons. The van der Waals surface area contributed by atoms with Gasteiger partial charge in [-0.3, -0.25) is 29.8 Å². The number of hydrogen-bond acceptors (Lipinski definition) is 5. The molecule has 0 saturated carbocycles. The third kappa shape index (κ3) is 2.63. The fourth-order valence-electron chi connectivity index (χ4n) is 1.93. The third-order valence-electron chi connectivity index (χ3n) is 2.81. The minimum absolute atomic E-state index is 0.127. The number of nitrogens with one attached hydrogen (secondary N) is 1. The van der Waals surface area contributed by atoms with Crippen LogP contribution in [0.2, 0.25) is 0 Å². The number of aryl methyl sites for hydroxylation is 1. The molecule has 3 amide bonds. The van der Waals surface area contributed by atoms with Crippen LogP contribution in [-0.2, 0) is 9.59 Å². The molecule has 1 aliphatic rings. The quantitative estimate of drug-likeness (QED) is 0.465. The maximum atomic E-state index is 12.3. The smallest absolute Gasteiger partial charge is 0.282 e. The molecule has 0 aromatic heterocycles. The Balaban J connectivity index is 2.37. The van der Waals surface area contributed by atoms with E-state index in [1.54, 1.807) is 6.92 Å². The van der Waals surface area contributed by atoms with Gasteiger partial charge in [-0.05, 0) is 18.6 Å². The molecular formula is C12H11N3O5. The van der Waals surface area contributed by atoms with Gasteiger partial charge >= 0.3 is 0 Å². The number of nitrogens with zero attached hydrogens (tertiary/aromatic N) is 2. The Kier molecular flexibility index (Phi) is 3.47. The molecule has 0 radical (unpaired) electrons. The van der Waals surface area contributed by atoms with Crippen molar-refractivity contribution >= 4 is 23.4 Å². The summed E-state index contributed by atoms with van der Waals surface area (Å²) in [4.78, 5) is 46.0. The van der Waals surface area contributed by atoms with E-state index in [1.807, 2.05) is 0 Å². The predicted molar refractivity (Wildman–Crippen MR) is 66.9 cm³/mol. The second kappa shape index (κ2) is 5.08. The molecule has 0 unspecified atom stereocenters. The average Bonchev–Trinajstić information content (AvgIpc) is 2.36. The number of benzene rings is 1. The minimum atomic E-state index is -0.705. The molecular weight excluding hydrogens is 266 g/mol. The van der Waals surface area contributed by atoms with E-state index in [9.17, 15) is 24.5 Å². The van der Waals surface area contributed by atoms with Crippen molar-refractivity contribution in [2.24, 2.45) is 0 Å². The largest absolute Gasteiger partial charge is 0.320 e. The molecule has 1 heterocycles. The maximum absolute atomic E-state index is 12.3. The van der Waals surface area contributed by atoms with Crippen LogP contribution in [0.3, 0.4) is 0 Å². The topological polar surface area (TPSA) is 110 Å². The van der Waals surface area contributed by atoms with Crippen LogP contribution in [0.25, 0.3) is 0 Å². The van der Waals surface area contributed by atoms with Crippen molar-refractivity contribution < 1.29 is 19.3 Å². The Morgan fingerprint density at radius 2 is 1.90 bits per heavy atom. The number of imide groups is 1. The van der Waals surface area contributed by atoms with Gasteiger partial charge in [-0.25, -0.2) is 0 Å². The normalized spacial score (nSPS) is 14.9. The van der Waals surface area contributed by atoms with Crippen LogP contribution in [0.15, 0.2) is 18.2 Å². The Hall–Kier alpha value is -2.77. The van der Waals surface area contributed by atoms with Gasteiger partial charge in [-0.2, -0.15) is 0 Å². The van der Waals surface area contributed by atoms with Gasteiger partial charge in [0.15, 0.2) is 0 Å². The van der Waals surface area contributed by atoms with Crippen LogP contribution in [0.4, 0.5) is 5.69 Å². The number of nitro groups is 1. The van der Waals surface area contributed by atoms with Gasteiger partial charge in [0, 0.05) is 6.07 Å². The summed E-state index contributed by atoms with van der Waals surface area (Å²) >= 11 is 0. The Morgan fingerprint density at radius 3 is 2.45 bits per heavy atom. The molecule has 1 fully saturated rings. The summed E-state index contributed by atoms with van der Waals surface area (Å²) in [5.74, 6) is -1.92. The van der Waals surface area contributed by atoms with Crippen molar-refractivity contribution in [1.29, 1.82) is 0 Å². The predicted octanol–water partition coefficient (Wildman–Crippen LogP) is 0.00182. The number of amides is 3. The molecule has 0 aliphatic carbocycles. The van der Waals surface area contributed by atoms with Gasteiger partial charge in [0.05, 0.1) is 4.92 Å². The maximum Gasteiger partial charge on any atom is 0.282 e. The van der Waals surface area contributed by atoms with E-state index in [1.165, 1.54) is 18.2 Å². The summed E-state index contributed by atoms with van der Waals surface area (Å²) in [6, 6.07) is 4.12. The summed E-state index contributed by atoms with van der Waals surface area (Å²) in [6.07, 6.45) is 0. The lowest BCUT2D eigenvalue weighted by Gasteiger charge is -2.25. The molecule has 1 aliphatic heterocycles. The monoisotopic (exact) mass is 277 g/mol. The number of hydrogen-bond donors (Lipinski definition) is 1. The highest BCUT2D eigenvalue weighted by atomic mass is 16.6. The van der Waals surface area contributed by atoms with Gasteiger partial charge in [0.1, 0.15) is 18.7 Å². The lowest BCUT2D eigenvalue weighted by Crippen LogP contribution is -2.53. The molecule has 2 rings (SSSR count). The van der Waals surface area contributed by atoms with Crippen LogP contribution in [0, 0.1) is 17.0 Å². The van der Waals surface area contributed by atoms with Crippen molar-refractivity contribution in [3.63, 3.8) is 0 Å². The first-order chi connectivity index (χ1) is 9.38. The van der Waals surface area contributed by atoms with E-state index in [-0.39, 0.29) is 24.3 Å². The van der Waals surface area contributed by atoms with Crippen LogP contribution < -0.4 is 5.32 Å². The lowest BCUT2D eigenvalue weighted by molar-refractivity contribution is -0.385. The van der Waals surface area contributed by atoms with Crippen molar-refractivity contribution in [1.82, 2.24) is 10.2 Å². The zero-order valence-electron chi connectivity index (χ0n) is 10.6. The van der Waals surface area contributed by atoms with Crippen molar-refractivity contribution in [2.45, 2.75) is 6.92 Å². The first-order valence-electron chi connectivity index (χ1n) is 5.75. The molecule has 20 heavy (non-hydrogen) atoms. The summed E-state index contributed by atoms with van der Waals surface area (Å²) in [5, 5.41) is 13.0. The second-order valence-corrected chi connectivity index (χ2v) is 4.41. The molecule has 0 spiro atoms. The highest BCUT2D eigenvalue weighted by Gasteiger charge is 2.30. The van der Waals surface area contributed by atoms with E-state index >= 15 is 0 Å². The fraction of sp³-hybridized carbons (Fsp3) is 0.250. The standard InChI is InChI=1S/C12H11N3O5/c1-7-2-3-9(15(19)20)8(4-7)12(18)14-5-10(16)13-11(17)6-14/h2-4H,5-6H2,1H3,(H,13,16,17). The first kappa shape index (κ1) is 13.7. The highest BCUT2D eigenvalue weighted by molar-refractivity contribution is 6.07. The summed E-state index contributed by atoms with van der Waals surface area (Å²) in [6.45, 7) is 1.10. The van der Waals surface area contributed by atoms with Crippen molar-refractivity contribution in [2.75, 3.05) is 13.1 Å². The number of piperazine rings is 1. The highest BCUT2D eigenvalue weighted by Crippen LogP contribution is 2.21. The Labute approximate surface area is 113 Å². The Bertz CT molecular complexity index is 610. The fourth-order valence-corrected chi connectivity index (χ4v) is 1.93. The van der Waals surface area contributed by atoms with Crippen molar-refractivity contribution in [3.05, 3.63) is 39.4 Å². The van der Waals surface area contributed by atoms with Crippen LogP contribution in [0.5, 0.6) is 0 Å². The first-order valence-corrected chi connectivity index (χ1v) is 5.75. The van der Waals surface area contributed by atoms with E-state index in [4.69, 9.17) is 0 Å². The number of nitro benzene ring substituents is 1. The molecule has 8 nitrogen and oxygen atoms in total. The number of carbonyl (C=O) groups excluding carboxylic acids is 3. The van der Waals surface area contributed by atoms with Crippen molar-refractivity contribution in [3.8, 4) is 0 Å². The third-order valence-corrected chi connectivity index (χ3v) is 2.81. The van der Waals surface area contributed by atoms with E-state index in [2.05, 4.69) is 5.32 Å². The number of carbonyl (C=O) groups is 3. The van der Waals surface area contributed by atoms with Crippen LogP contribution >= 0.6 is 0 Å². The SMILES string of the molecule is Cc1ccc([N+](=O)[O-])c(C(=O)N2CC(=O)NC(=O)C2)c1. The number of rotatable bonds is 2. The minimum Gasteiger partial charge on any atom is -0.320 e. The average molecular weight is 277 g/mol. The Morgan fingerprint density at radius 1 is 1.30 bits per heavy atom. The molecule has 1 aromatic rings. The van der Waals surface area contributed by atoms with Gasteiger partial charge < -0.3 is 4.90 Å². The second-order valence-electron chi connectivity index (χ2n) is 4.41. The summed E-state index contributed by atoms with van der Waals surface area (Å²) in [7, 11) is 0. The molecule has 1 saturated heterocycles. The molecule has 0 atom stereocenters. The van der Waals surface area contributed by atoms with Gasteiger partial charge in [0.2, 0.25) is 11.8 Å². The molecule has 0 bridgehead atoms. The van der Waals surface area contributed by atoms with Crippen LogP contribution in [-0.4, -0.2) is 40.6 Å². The zero-order chi connectivity index (χ0) is 14.9. The molecule has 1 aromatic carbocycles. The van der Waals surface area contributed by atoms with E-state index in [0.717, 1.165) is 4.90 Å². The van der Waals surface area contributed by atoms with E-state index in [0.29, 0.717) is 5.56 Å². The van der Waals surface area contributed by atoms with Gasteiger partial charge in [-0.15, -0.1) is 0 Å². The zero-order valence-corrected chi connectivity index (χ0v) is 10.6.